The zero-order chi connectivity index (χ0) is 22.3. The fourth-order valence-corrected chi connectivity index (χ4v) is 3.10. The van der Waals surface area contributed by atoms with Crippen molar-refractivity contribution >= 4 is 11.8 Å². The molecule has 0 aliphatic heterocycles. The molecule has 0 saturated heterocycles. The van der Waals surface area contributed by atoms with Crippen molar-refractivity contribution in [2.45, 2.75) is 59.2 Å². The Kier molecular flexibility index (Phi) is 7.98. The van der Waals surface area contributed by atoms with E-state index in [2.05, 4.69) is 5.32 Å². The van der Waals surface area contributed by atoms with Gasteiger partial charge in [0.25, 0.3) is 5.91 Å². The lowest BCUT2D eigenvalue weighted by atomic mass is 10.0. The third kappa shape index (κ3) is 6.87. The first kappa shape index (κ1) is 23.4. The summed E-state index contributed by atoms with van der Waals surface area (Å²) in [6.45, 7) is 9.63. The average molecular weight is 415 g/mol. The van der Waals surface area contributed by atoms with E-state index in [0.29, 0.717) is 18.7 Å². The van der Waals surface area contributed by atoms with E-state index in [1.165, 1.54) is 24.3 Å². The Labute approximate surface area is 178 Å². The number of hydrogen-bond donors (Lipinski definition) is 1. The van der Waals surface area contributed by atoms with Crippen LogP contribution in [-0.2, 0) is 16.1 Å². The van der Waals surface area contributed by atoms with Crippen LogP contribution < -0.4 is 10.1 Å². The van der Waals surface area contributed by atoms with Crippen LogP contribution in [0.4, 0.5) is 4.39 Å². The van der Waals surface area contributed by atoms with Crippen LogP contribution in [0.2, 0.25) is 0 Å². The van der Waals surface area contributed by atoms with Gasteiger partial charge in [0.1, 0.15) is 17.6 Å². The summed E-state index contributed by atoms with van der Waals surface area (Å²) in [6.07, 6.45) is 0.468. The number of nitrogens with zero attached hydrogens (tertiary/aromatic N) is 1. The van der Waals surface area contributed by atoms with Crippen molar-refractivity contribution in [1.29, 1.82) is 0 Å². The van der Waals surface area contributed by atoms with Crippen LogP contribution in [0.5, 0.6) is 5.75 Å². The van der Waals surface area contributed by atoms with Crippen LogP contribution >= 0.6 is 0 Å². The Balaban J connectivity index is 2.24. The Morgan fingerprint density at radius 2 is 1.73 bits per heavy atom. The van der Waals surface area contributed by atoms with Crippen molar-refractivity contribution in [2.24, 2.45) is 0 Å². The summed E-state index contributed by atoms with van der Waals surface area (Å²) in [7, 11) is 0. The molecule has 0 aliphatic carbocycles. The number of ether oxygens (including phenoxy) is 1. The van der Waals surface area contributed by atoms with E-state index in [4.69, 9.17) is 4.74 Å². The number of nitrogens with one attached hydrogen (secondary N) is 1. The van der Waals surface area contributed by atoms with Gasteiger partial charge in [0.15, 0.2) is 6.61 Å². The number of carbonyl (C=O) groups excluding carboxylic acids is 2. The predicted octanol–water partition coefficient (Wildman–Crippen LogP) is 4.24. The van der Waals surface area contributed by atoms with Gasteiger partial charge in [0, 0.05) is 12.1 Å². The highest BCUT2D eigenvalue weighted by molar-refractivity contribution is 5.88. The highest BCUT2D eigenvalue weighted by Crippen LogP contribution is 2.17. The van der Waals surface area contributed by atoms with Gasteiger partial charge in [0.05, 0.1) is 0 Å². The summed E-state index contributed by atoms with van der Waals surface area (Å²) in [4.78, 5) is 27.6. The molecule has 2 amide bonds. The minimum Gasteiger partial charge on any atom is -0.484 e. The van der Waals surface area contributed by atoms with Crippen molar-refractivity contribution in [3.8, 4) is 5.75 Å². The lowest BCUT2D eigenvalue weighted by molar-refractivity contribution is -0.143. The maximum Gasteiger partial charge on any atom is 0.261 e. The smallest absolute Gasteiger partial charge is 0.261 e. The quantitative estimate of drug-likeness (QED) is 0.703. The Hall–Kier alpha value is -2.89. The molecular weight excluding hydrogens is 383 g/mol. The molecule has 5 nitrogen and oxygen atoms in total. The molecule has 162 valence electrons. The molecule has 0 radical (unpaired) electrons. The van der Waals surface area contributed by atoms with Crippen LogP contribution in [0, 0.1) is 12.7 Å². The monoisotopic (exact) mass is 414 g/mol. The molecule has 1 atom stereocenters. The van der Waals surface area contributed by atoms with E-state index in [-0.39, 0.29) is 24.2 Å². The summed E-state index contributed by atoms with van der Waals surface area (Å²) in [5, 5.41) is 2.97. The predicted molar refractivity (Wildman–Crippen MR) is 116 cm³/mol. The van der Waals surface area contributed by atoms with E-state index >= 15 is 0 Å². The maximum atomic E-state index is 13.1. The molecular formula is C24H31FN2O3. The molecule has 0 aromatic heterocycles. The van der Waals surface area contributed by atoms with E-state index in [1.807, 2.05) is 58.9 Å². The summed E-state index contributed by atoms with van der Waals surface area (Å²) < 4.78 is 18.7. The number of carbonyl (C=O) groups is 2. The van der Waals surface area contributed by atoms with Gasteiger partial charge in [-0.3, -0.25) is 9.59 Å². The zero-order valence-electron chi connectivity index (χ0n) is 18.4. The minimum absolute atomic E-state index is 0.200. The van der Waals surface area contributed by atoms with Gasteiger partial charge in [-0.2, -0.15) is 0 Å². The normalized spacial score (nSPS) is 12.2. The Morgan fingerprint density at radius 3 is 2.30 bits per heavy atom. The molecule has 0 fully saturated rings. The van der Waals surface area contributed by atoms with Crippen molar-refractivity contribution < 1.29 is 18.7 Å². The molecule has 0 bridgehead atoms. The van der Waals surface area contributed by atoms with Crippen molar-refractivity contribution in [3.05, 3.63) is 65.5 Å². The molecule has 2 aromatic carbocycles. The van der Waals surface area contributed by atoms with Gasteiger partial charge in [-0.1, -0.05) is 31.2 Å². The fraction of sp³-hybridized carbons (Fsp3) is 0.417. The van der Waals surface area contributed by atoms with Gasteiger partial charge in [-0.15, -0.1) is 0 Å². The molecule has 0 heterocycles. The van der Waals surface area contributed by atoms with E-state index < -0.39 is 11.6 Å². The molecule has 2 rings (SSSR count). The number of halogens is 1. The summed E-state index contributed by atoms with van der Waals surface area (Å²) >= 11 is 0. The molecule has 0 spiro atoms. The van der Waals surface area contributed by atoms with Crippen LogP contribution in [0.3, 0.4) is 0 Å². The standard InChI is InChI=1S/C24H31FN2O3/c1-6-21(23(29)26-24(3,4)5)27(15-18-10-8-7-9-17(18)2)22(28)16-30-20-13-11-19(25)12-14-20/h7-14,21H,6,15-16H2,1-5H3,(H,26,29)/t21-/m0/s1. The van der Waals surface area contributed by atoms with Gasteiger partial charge in [0.2, 0.25) is 5.91 Å². The highest BCUT2D eigenvalue weighted by Gasteiger charge is 2.31. The van der Waals surface area contributed by atoms with Crippen LogP contribution in [0.25, 0.3) is 0 Å². The third-order valence-corrected chi connectivity index (χ3v) is 4.66. The molecule has 2 aromatic rings. The lowest BCUT2D eigenvalue weighted by Crippen LogP contribution is -2.54. The molecule has 0 aliphatic rings. The SMILES string of the molecule is CC[C@@H](C(=O)NC(C)(C)C)N(Cc1ccccc1C)C(=O)COc1ccc(F)cc1. The number of rotatable bonds is 8. The number of benzene rings is 2. The van der Waals surface area contributed by atoms with Gasteiger partial charge in [-0.05, 0) is 69.5 Å². The second kappa shape index (κ2) is 10.2. The highest BCUT2D eigenvalue weighted by atomic mass is 19.1. The number of aryl methyl sites for hydroxylation is 1. The first-order valence-corrected chi connectivity index (χ1v) is 10.1. The Bertz CT molecular complexity index is 859. The topological polar surface area (TPSA) is 58.6 Å². The second-order valence-corrected chi connectivity index (χ2v) is 8.35. The van der Waals surface area contributed by atoms with Crippen LogP contribution in [0.1, 0.15) is 45.2 Å². The molecule has 0 unspecified atom stereocenters. The van der Waals surface area contributed by atoms with Crippen molar-refractivity contribution in [3.63, 3.8) is 0 Å². The first-order chi connectivity index (χ1) is 14.1. The number of amides is 2. The van der Waals surface area contributed by atoms with E-state index in [9.17, 15) is 14.0 Å². The maximum absolute atomic E-state index is 13.1. The minimum atomic E-state index is -0.631. The number of hydrogen-bond acceptors (Lipinski definition) is 3. The average Bonchev–Trinajstić information content (AvgIpc) is 2.67. The van der Waals surface area contributed by atoms with Crippen molar-refractivity contribution in [1.82, 2.24) is 10.2 Å². The van der Waals surface area contributed by atoms with Gasteiger partial charge < -0.3 is 15.0 Å². The summed E-state index contributed by atoms with van der Waals surface area (Å²) in [5.74, 6) is -0.486. The molecule has 30 heavy (non-hydrogen) atoms. The van der Waals surface area contributed by atoms with Crippen LogP contribution in [-0.4, -0.2) is 34.9 Å². The van der Waals surface area contributed by atoms with Crippen LogP contribution in [0.15, 0.2) is 48.5 Å². The summed E-state index contributed by atoms with van der Waals surface area (Å²) in [6, 6.07) is 12.6. The fourth-order valence-electron chi connectivity index (χ4n) is 3.10. The lowest BCUT2D eigenvalue weighted by Gasteiger charge is -2.33. The summed E-state index contributed by atoms with van der Waals surface area (Å²) in [5.41, 5.74) is 1.60. The Morgan fingerprint density at radius 1 is 1.10 bits per heavy atom. The third-order valence-electron chi connectivity index (χ3n) is 4.66. The molecule has 1 N–H and O–H groups in total. The van der Waals surface area contributed by atoms with Gasteiger partial charge >= 0.3 is 0 Å². The first-order valence-electron chi connectivity index (χ1n) is 10.1. The molecule has 0 saturated carbocycles. The zero-order valence-corrected chi connectivity index (χ0v) is 18.4. The van der Waals surface area contributed by atoms with Crippen molar-refractivity contribution in [2.75, 3.05) is 6.61 Å². The molecule has 6 heteroatoms. The van der Waals surface area contributed by atoms with E-state index in [0.717, 1.165) is 11.1 Å². The van der Waals surface area contributed by atoms with Gasteiger partial charge in [-0.25, -0.2) is 4.39 Å². The largest absolute Gasteiger partial charge is 0.484 e. The second-order valence-electron chi connectivity index (χ2n) is 8.35. The van der Waals surface area contributed by atoms with E-state index in [1.54, 1.807) is 4.90 Å².